The van der Waals surface area contributed by atoms with E-state index in [0.717, 1.165) is 4.62 Å². The number of thiophene rings is 1. The van der Waals surface area contributed by atoms with Crippen molar-refractivity contribution in [1.82, 2.24) is 0 Å². The van der Waals surface area contributed by atoms with Gasteiger partial charge in [-0.15, -0.1) is 11.3 Å². The van der Waals surface area contributed by atoms with Crippen LogP contribution in [0.3, 0.4) is 0 Å². The molecule has 0 aliphatic rings. The van der Waals surface area contributed by atoms with Gasteiger partial charge in [0, 0.05) is 18.7 Å². The van der Waals surface area contributed by atoms with Crippen LogP contribution in [0.4, 0.5) is 0 Å². The van der Waals surface area contributed by atoms with Gasteiger partial charge in [-0.2, -0.15) is 5.26 Å². The Kier molecular flexibility index (Phi) is 3.71. The van der Waals surface area contributed by atoms with E-state index in [-0.39, 0.29) is 0 Å². The molecule has 0 aliphatic carbocycles. The van der Waals surface area contributed by atoms with Crippen molar-refractivity contribution in [3.63, 3.8) is 0 Å². The number of nitriles is 1. The molecule has 0 aliphatic heterocycles. The van der Waals surface area contributed by atoms with Gasteiger partial charge in [0.2, 0.25) is 0 Å². The first kappa shape index (κ1) is 10.5. The molecule has 1 aromatic heterocycles. The molecule has 0 bridgehead atoms. The minimum atomic E-state index is -2.23. The van der Waals surface area contributed by atoms with E-state index in [1.54, 1.807) is 0 Å². The molecule has 0 amide bonds. The second kappa shape index (κ2) is 4.60. The third kappa shape index (κ3) is 2.43. The van der Waals surface area contributed by atoms with Crippen LogP contribution in [0.2, 0.25) is 0 Å². The predicted octanol–water partition coefficient (Wildman–Crippen LogP) is 2.67. The smallest absolute Gasteiger partial charge is 0.125 e. The second-order valence-corrected chi connectivity index (χ2v) is 7.38. The van der Waals surface area contributed by atoms with Crippen molar-refractivity contribution < 1.29 is 4.57 Å². The van der Waals surface area contributed by atoms with Crippen LogP contribution in [0.25, 0.3) is 0 Å². The molecule has 1 aromatic rings. The largest absolute Gasteiger partial charge is 0.318 e. The van der Waals surface area contributed by atoms with Crippen molar-refractivity contribution in [3.05, 3.63) is 17.5 Å². The van der Waals surface area contributed by atoms with Crippen LogP contribution in [-0.2, 0) is 4.57 Å². The third-order valence-corrected chi connectivity index (χ3v) is 6.91. The van der Waals surface area contributed by atoms with Gasteiger partial charge in [0.1, 0.15) is 7.14 Å². The Bertz CT molecular complexity index is 339. The fourth-order valence-electron chi connectivity index (χ4n) is 1.16. The van der Waals surface area contributed by atoms with Crippen LogP contribution in [0, 0.1) is 11.3 Å². The number of hydrogen-bond donors (Lipinski definition) is 0. The summed E-state index contributed by atoms with van der Waals surface area (Å²) >= 11 is 1.53. The van der Waals surface area contributed by atoms with Crippen molar-refractivity contribution >= 4 is 23.1 Å². The molecule has 0 aromatic carbocycles. The third-order valence-electron chi connectivity index (χ3n) is 2.00. The first-order chi connectivity index (χ1) is 6.23. The Morgan fingerprint density at radius 2 is 2.46 bits per heavy atom. The number of hydrogen-bond acceptors (Lipinski definition) is 3. The average Bonchev–Trinajstić information content (AvgIpc) is 2.67. The highest BCUT2D eigenvalue weighted by Gasteiger charge is 2.22. The lowest BCUT2D eigenvalue weighted by molar-refractivity contribution is 0.582. The molecular formula is C9H12NOPS. The lowest BCUT2D eigenvalue weighted by Crippen LogP contribution is -2.04. The van der Waals surface area contributed by atoms with Crippen molar-refractivity contribution in [3.8, 4) is 6.07 Å². The van der Waals surface area contributed by atoms with Gasteiger partial charge in [-0.3, -0.25) is 0 Å². The van der Waals surface area contributed by atoms with Gasteiger partial charge in [-0.05, 0) is 11.4 Å². The Morgan fingerprint density at radius 3 is 2.92 bits per heavy atom. The van der Waals surface area contributed by atoms with Gasteiger partial charge in [0.15, 0.2) is 0 Å². The molecule has 0 saturated carbocycles. The standard InChI is InChI=1S/C9H12NOPS/c1-2-12(11,7-4-6-10)9-5-3-8-13-9/h3,5,8H,2,4,7H2,1H3. The van der Waals surface area contributed by atoms with E-state index in [1.807, 2.05) is 24.4 Å². The fourth-order valence-corrected chi connectivity index (χ4v) is 4.89. The van der Waals surface area contributed by atoms with Gasteiger partial charge in [-0.1, -0.05) is 13.0 Å². The van der Waals surface area contributed by atoms with Crippen molar-refractivity contribution in [2.75, 3.05) is 12.3 Å². The predicted molar refractivity (Wildman–Crippen MR) is 57.2 cm³/mol. The zero-order chi connectivity index (χ0) is 9.73. The molecule has 70 valence electrons. The van der Waals surface area contributed by atoms with Crippen LogP contribution in [0.5, 0.6) is 0 Å². The highest BCUT2D eigenvalue weighted by atomic mass is 32.1. The molecule has 1 unspecified atom stereocenters. The summed E-state index contributed by atoms with van der Waals surface area (Å²) < 4.78 is 13.2. The van der Waals surface area contributed by atoms with Gasteiger partial charge in [0.05, 0.1) is 10.7 Å². The Balaban J connectivity index is 2.83. The van der Waals surface area contributed by atoms with Gasteiger partial charge >= 0.3 is 0 Å². The topological polar surface area (TPSA) is 40.9 Å². The molecule has 0 radical (unpaired) electrons. The van der Waals surface area contributed by atoms with Crippen LogP contribution >= 0.6 is 18.5 Å². The van der Waals surface area contributed by atoms with Gasteiger partial charge in [0.25, 0.3) is 0 Å². The summed E-state index contributed by atoms with van der Waals surface area (Å²) in [6, 6.07) is 5.87. The van der Waals surface area contributed by atoms with Gasteiger partial charge in [-0.25, -0.2) is 0 Å². The van der Waals surface area contributed by atoms with Crippen molar-refractivity contribution in [1.29, 1.82) is 5.26 Å². The summed E-state index contributed by atoms with van der Waals surface area (Å²) in [5.41, 5.74) is 0. The number of rotatable bonds is 4. The minimum Gasteiger partial charge on any atom is -0.318 e. The average molecular weight is 213 g/mol. The Hall–Kier alpha value is -0.580. The van der Waals surface area contributed by atoms with E-state index >= 15 is 0 Å². The molecule has 0 spiro atoms. The van der Waals surface area contributed by atoms with Crippen LogP contribution in [0.15, 0.2) is 17.5 Å². The molecule has 0 fully saturated rings. The highest BCUT2D eigenvalue weighted by molar-refractivity contribution is 7.76. The molecule has 4 heteroatoms. The summed E-state index contributed by atoms with van der Waals surface area (Å²) in [6.45, 7) is 1.93. The van der Waals surface area contributed by atoms with Gasteiger partial charge < -0.3 is 4.57 Å². The van der Waals surface area contributed by atoms with Crippen molar-refractivity contribution in [2.24, 2.45) is 0 Å². The molecule has 1 atom stereocenters. The Labute approximate surface area is 82.6 Å². The summed E-state index contributed by atoms with van der Waals surface area (Å²) in [5, 5.41) is 10.4. The summed E-state index contributed by atoms with van der Waals surface area (Å²) in [7, 11) is -2.23. The van der Waals surface area contributed by atoms with Crippen LogP contribution in [0.1, 0.15) is 13.3 Å². The first-order valence-corrected chi connectivity index (χ1v) is 7.17. The fraction of sp³-hybridized carbons (Fsp3) is 0.444. The second-order valence-electron chi connectivity index (χ2n) is 2.79. The Morgan fingerprint density at radius 1 is 1.69 bits per heavy atom. The maximum Gasteiger partial charge on any atom is 0.125 e. The molecule has 13 heavy (non-hydrogen) atoms. The summed E-state index contributed by atoms with van der Waals surface area (Å²) in [5.74, 6) is 0. The van der Waals surface area contributed by atoms with Crippen molar-refractivity contribution in [2.45, 2.75) is 13.3 Å². The van der Waals surface area contributed by atoms with E-state index in [1.165, 1.54) is 11.3 Å². The highest BCUT2D eigenvalue weighted by Crippen LogP contribution is 2.45. The van der Waals surface area contributed by atoms with Crippen LogP contribution in [-0.4, -0.2) is 12.3 Å². The molecule has 2 nitrogen and oxygen atoms in total. The molecular weight excluding hydrogens is 201 g/mol. The van der Waals surface area contributed by atoms with E-state index in [9.17, 15) is 4.57 Å². The molecule has 1 heterocycles. The van der Waals surface area contributed by atoms with E-state index in [4.69, 9.17) is 5.26 Å². The van der Waals surface area contributed by atoms with E-state index in [0.29, 0.717) is 18.7 Å². The SMILES string of the molecule is CCP(=O)(CCC#N)c1cccs1. The molecule has 0 saturated heterocycles. The monoisotopic (exact) mass is 213 g/mol. The van der Waals surface area contributed by atoms with Crippen LogP contribution < -0.4 is 4.62 Å². The lowest BCUT2D eigenvalue weighted by Gasteiger charge is -2.11. The van der Waals surface area contributed by atoms with E-state index in [2.05, 4.69) is 6.07 Å². The van der Waals surface area contributed by atoms with E-state index < -0.39 is 7.14 Å². The zero-order valence-electron chi connectivity index (χ0n) is 7.56. The molecule has 1 rings (SSSR count). The summed E-state index contributed by atoms with van der Waals surface area (Å²) in [6.07, 6.45) is 1.58. The normalized spacial score (nSPS) is 14.8. The first-order valence-electron chi connectivity index (χ1n) is 4.22. The maximum absolute atomic E-state index is 12.3. The lowest BCUT2D eigenvalue weighted by atomic mass is 10.6. The molecule has 0 N–H and O–H groups in total. The summed E-state index contributed by atoms with van der Waals surface area (Å²) in [4.78, 5) is 0. The number of nitrogens with zero attached hydrogens (tertiary/aromatic N) is 1. The minimum absolute atomic E-state index is 0.392. The zero-order valence-corrected chi connectivity index (χ0v) is 9.28. The maximum atomic E-state index is 12.3. The quantitative estimate of drug-likeness (QED) is 0.721.